The number of anilines is 1. The number of amides is 5. The Kier molecular flexibility index (Phi) is 35.8. The zero-order valence-electron chi connectivity index (χ0n) is 91.8. The number of hydrogen-bond donors (Lipinski definition) is 0. The third-order valence-corrected chi connectivity index (χ3v) is 42.8. The molecular formula is C124H181F14N5O7. The van der Waals surface area contributed by atoms with Crippen molar-refractivity contribution in [1.29, 1.82) is 0 Å². The Morgan fingerprint density at radius 2 is 0.713 bits per heavy atom. The Hall–Kier alpha value is -5.85. The summed E-state index contributed by atoms with van der Waals surface area (Å²) in [6.07, 6.45) is 65.9. The maximum atomic E-state index is 14.3. The molecule has 6 unspecified atom stereocenters. The highest BCUT2D eigenvalue weighted by atomic mass is 19.3. The molecule has 0 radical (unpaired) electrons. The molecule has 5 amide bonds. The number of likely N-dealkylation sites (tertiary alicyclic amines) is 1. The van der Waals surface area contributed by atoms with Crippen molar-refractivity contribution >= 4 is 46.8 Å². The van der Waals surface area contributed by atoms with Crippen LogP contribution in [0.3, 0.4) is 0 Å². The molecule has 25 aliphatic rings. The number of aryl methyl sites for hydroxylation is 1. The smallest absolute Gasteiger partial charge is 0.322 e. The molecule has 27 rings (SSSR count). The number of Topliss-reactive ketones (excluding diaryl/α,β-unsaturated/α-hetero) is 2. The summed E-state index contributed by atoms with van der Waals surface area (Å²) < 4.78 is 190. The predicted molar refractivity (Wildman–Crippen MR) is 558 cm³/mol. The molecule has 24 fully saturated rings. The molecule has 12 nitrogen and oxygen atoms in total. The Morgan fingerprint density at radius 3 is 1.11 bits per heavy atom. The minimum atomic E-state index is -3.34. The van der Waals surface area contributed by atoms with Crippen LogP contribution in [0.5, 0.6) is 0 Å². The van der Waals surface area contributed by atoms with Crippen LogP contribution in [0.15, 0.2) is 54.6 Å². The maximum absolute atomic E-state index is 14.3. The van der Waals surface area contributed by atoms with Gasteiger partial charge < -0.3 is 24.5 Å². The lowest BCUT2D eigenvalue weighted by Crippen LogP contribution is -2.62. The van der Waals surface area contributed by atoms with Gasteiger partial charge in [0.2, 0.25) is 11.6 Å². The van der Waals surface area contributed by atoms with E-state index in [2.05, 4.69) is 0 Å². The molecular weight excluding hydrogens is 1940 g/mol. The molecule has 2 aromatic carbocycles. The van der Waals surface area contributed by atoms with Crippen molar-refractivity contribution in [3.05, 3.63) is 65.7 Å². The van der Waals surface area contributed by atoms with E-state index in [9.17, 15) is 95.0 Å². The van der Waals surface area contributed by atoms with Crippen molar-refractivity contribution < 1.29 is 95.0 Å². The second kappa shape index (κ2) is 46.6. The number of halogens is 14. The monoisotopic (exact) mass is 2120 g/mol. The Morgan fingerprint density at radius 1 is 0.333 bits per heavy atom. The third-order valence-electron chi connectivity index (χ3n) is 42.8. The average Bonchev–Trinajstić information content (AvgIpc) is 0.955. The lowest BCUT2D eigenvalue weighted by molar-refractivity contribution is -0.170. The van der Waals surface area contributed by atoms with Crippen molar-refractivity contribution in [2.24, 2.45) is 128 Å². The first kappa shape index (κ1) is 115. The van der Waals surface area contributed by atoms with Gasteiger partial charge in [0.05, 0.1) is 0 Å². The van der Waals surface area contributed by atoms with Crippen LogP contribution in [-0.4, -0.2) is 159 Å². The van der Waals surface area contributed by atoms with Crippen LogP contribution in [0.1, 0.15) is 438 Å². The van der Waals surface area contributed by atoms with E-state index >= 15 is 0 Å². The molecule has 0 spiro atoms. The molecule has 1 aliphatic heterocycles. The molecule has 6 atom stereocenters. The quantitative estimate of drug-likeness (QED) is 0.0955. The van der Waals surface area contributed by atoms with E-state index in [1.807, 2.05) is 42.5 Å². The molecule has 2 aromatic rings. The SMILES string of the molecule is CC(F)(F)C(=O)CC(C1CCCCC1)(C1CCCCC1)C1CCCCC1.CC(F)(F)C(=O)CC1CCCc2ccccc21.CC(F)(F)C(=O)N(C1CCCCC1)C1CC2CCC1C2.CC(F)(F)C(=O)N(CC12CC3CC(CC(C3)C1)C2)CC12CC3CC(CC(C3)C1)C2.CC(F)(F)C(=O)N(CC12CC3CC(CC(C3)C1)C2)c1ccccc1.CC(F)(F)C(=O)N1CCCC2CCCCC21.CN(C(=O)C(C)(F)F)C12CC3CC(CC(C3)C1)C2. The number of carbonyl (C=O) groups is 7. The minimum Gasteiger partial charge on any atom is -0.336 e. The molecule has 18 bridgehead atoms. The van der Waals surface area contributed by atoms with Crippen LogP contribution in [0, 0.1) is 128 Å². The Labute approximate surface area is 887 Å². The van der Waals surface area contributed by atoms with Crippen LogP contribution in [0.4, 0.5) is 67.2 Å². The molecule has 24 aliphatic carbocycles. The minimum absolute atomic E-state index is 0.0294. The van der Waals surface area contributed by atoms with Crippen molar-refractivity contribution in [2.75, 3.05) is 38.1 Å². The van der Waals surface area contributed by atoms with Gasteiger partial charge in [0.25, 0.3) is 29.5 Å². The van der Waals surface area contributed by atoms with Crippen molar-refractivity contribution in [1.82, 2.24) is 19.6 Å². The molecule has 1 heterocycles. The summed E-state index contributed by atoms with van der Waals surface area (Å²) in [5.74, 6) is -17.1. The third kappa shape index (κ3) is 27.1. The zero-order chi connectivity index (χ0) is 107. The van der Waals surface area contributed by atoms with Crippen LogP contribution in [0.25, 0.3) is 0 Å². The van der Waals surface area contributed by atoms with Gasteiger partial charge in [-0.3, -0.25) is 33.6 Å². The van der Waals surface area contributed by atoms with E-state index in [1.54, 1.807) is 29.0 Å². The molecule has 0 aromatic heterocycles. The highest BCUT2D eigenvalue weighted by Gasteiger charge is 2.62. The Bertz CT molecular complexity index is 4630. The van der Waals surface area contributed by atoms with Crippen LogP contribution in [0.2, 0.25) is 0 Å². The lowest BCUT2D eigenvalue weighted by atomic mass is 9.48. The van der Waals surface area contributed by atoms with Crippen molar-refractivity contribution in [3.8, 4) is 0 Å². The number of carbonyl (C=O) groups excluding carboxylic acids is 7. The number of ketones is 2. The van der Waals surface area contributed by atoms with Gasteiger partial charge in [-0.05, 0) is 427 Å². The van der Waals surface area contributed by atoms with Crippen molar-refractivity contribution in [2.45, 2.75) is 498 Å². The van der Waals surface area contributed by atoms with Crippen LogP contribution >= 0.6 is 0 Å². The van der Waals surface area contributed by atoms with E-state index in [1.165, 1.54) is 213 Å². The average molecular weight is 2120 g/mol. The summed E-state index contributed by atoms with van der Waals surface area (Å²) in [6, 6.07) is 17.1. The summed E-state index contributed by atoms with van der Waals surface area (Å²) >= 11 is 0. The van der Waals surface area contributed by atoms with E-state index in [-0.39, 0.29) is 64.1 Å². The fourth-order valence-corrected chi connectivity index (χ4v) is 38.3. The number of nitrogens with zero attached hydrogens (tertiary/aromatic N) is 5. The van der Waals surface area contributed by atoms with Gasteiger partial charge >= 0.3 is 41.5 Å². The topological polar surface area (TPSA) is 136 Å². The standard InChI is InChI=1S/C25H37F2NO.C23H38F2O.C20H25F2NO.C16H25F2NO.C14H21F2NO.C14H16F2O.C12H19F2NO/c1-23(26,27)22(29)28(14-24-8-16-2-17(9-24)4-18(3-16)10-24)15-25-11-19-5-20(12-25)7-21(6-19)13-25;1-22(24,25)21(26)17-23(18-11-5-2-6-12-18,19-13-7-3-8-14-19)20-15-9-4-10-16-20;1-19(21,22)18(24)23(17-5-3-2-4-6-17)13-20-10-14-7-15(11-20)9-16(8-14)12-20;1-16(17,18)15(20)19(13-5-3-2-4-6-13)14-10-11-7-8-12(14)9-11;1-13(15,16)12(18)17(2)14-6-9-3-10(7-14)5-11(4-9)8-14;1-14(15,16)13(17)9-11-7-4-6-10-5-2-3-8-12(10)11;1-12(13,14)11(16)15-8-4-6-9-5-2-3-7-10(9)15/h16-21H,2-15H2,1H3;18-20H,2-17H2,1H3;2-6,14-16H,7-13H2,1H3;11-14H,2-10H2,1H3;9-11H,3-8H2,1-2H3;2-3,5,8,11H,4,6-7,9H2,1H3;9-10H,2-8H2,1H3. The Balaban J connectivity index is 0.000000120. The first-order chi connectivity index (χ1) is 70.7. The van der Waals surface area contributed by atoms with Crippen molar-refractivity contribution in [3.63, 3.8) is 0 Å². The number of benzene rings is 2. The van der Waals surface area contributed by atoms with E-state index in [4.69, 9.17) is 0 Å². The summed E-state index contributed by atoms with van der Waals surface area (Å²) in [6.45, 7) is 7.42. The molecule has 0 N–H and O–H groups in total. The van der Waals surface area contributed by atoms with Gasteiger partial charge in [0.15, 0.2) is 0 Å². The number of hydrogen-bond acceptors (Lipinski definition) is 7. The summed E-state index contributed by atoms with van der Waals surface area (Å²) in [4.78, 5) is 92.9. The van der Waals surface area contributed by atoms with Gasteiger partial charge in [0, 0.05) is 124 Å². The van der Waals surface area contributed by atoms with Gasteiger partial charge in [-0.2, -0.15) is 61.5 Å². The van der Waals surface area contributed by atoms with Gasteiger partial charge in [-0.25, -0.2) is 0 Å². The highest BCUT2D eigenvalue weighted by Crippen LogP contribution is 2.67. The number of piperidine rings is 1. The fraction of sp³-hybridized carbons (Fsp3) is 0.847. The number of rotatable bonds is 24. The largest absolute Gasteiger partial charge is 0.336 e. The van der Waals surface area contributed by atoms with Gasteiger partial charge in [-0.1, -0.05) is 139 Å². The first-order valence-corrected chi connectivity index (χ1v) is 60.1. The maximum Gasteiger partial charge on any atom is 0.322 e. The molecule has 23 saturated carbocycles. The van der Waals surface area contributed by atoms with E-state index in [0.29, 0.717) is 113 Å². The molecule has 26 heteroatoms. The number of alkyl halides is 14. The van der Waals surface area contributed by atoms with E-state index < -0.39 is 82.6 Å². The second-order valence-electron chi connectivity index (χ2n) is 55.0. The fourth-order valence-electron chi connectivity index (χ4n) is 38.3. The first-order valence-electron chi connectivity index (χ1n) is 60.1. The van der Waals surface area contributed by atoms with E-state index in [0.717, 1.165) is 253 Å². The van der Waals surface area contributed by atoms with Crippen LogP contribution < -0.4 is 4.90 Å². The normalized spacial score (nSPS) is 34.7. The highest BCUT2D eigenvalue weighted by molar-refractivity contribution is 5.98. The van der Waals surface area contributed by atoms with Gasteiger partial charge in [0.1, 0.15) is 0 Å². The van der Waals surface area contributed by atoms with Gasteiger partial charge in [-0.15, -0.1) is 0 Å². The predicted octanol–water partition coefficient (Wildman–Crippen LogP) is 31.7. The number of fused-ring (bicyclic) bond motifs is 4. The molecule has 842 valence electrons. The molecule has 150 heavy (non-hydrogen) atoms. The zero-order valence-corrected chi connectivity index (χ0v) is 91.8. The number of para-hydroxylation sites is 1. The second-order valence-corrected chi connectivity index (χ2v) is 55.0. The summed E-state index contributed by atoms with van der Waals surface area (Å²) in [5.41, 5.74) is 2.80. The molecule has 1 saturated heterocycles. The summed E-state index contributed by atoms with van der Waals surface area (Å²) in [5, 5.41) is 0. The lowest BCUT2D eigenvalue weighted by Gasteiger charge is -2.60. The summed E-state index contributed by atoms with van der Waals surface area (Å²) in [7, 11) is 1.59. The van der Waals surface area contributed by atoms with Crippen LogP contribution in [-0.2, 0) is 40.0 Å².